The molecule has 1 heterocycles. The zero-order valence-electron chi connectivity index (χ0n) is 5.29. The van der Waals surface area contributed by atoms with Gasteiger partial charge in [0.25, 0.3) is 0 Å². The van der Waals surface area contributed by atoms with Crippen LogP contribution >= 0.6 is 12.9 Å². The first-order valence-corrected chi connectivity index (χ1v) is 4.01. The van der Waals surface area contributed by atoms with Crippen molar-refractivity contribution in [2.45, 2.75) is 0 Å². The van der Waals surface area contributed by atoms with Gasteiger partial charge in [-0.1, -0.05) is 0 Å². The molecule has 9 heteroatoms. The molecule has 0 amide bonds. The van der Waals surface area contributed by atoms with Gasteiger partial charge >= 0.3 is 16.4 Å². The van der Waals surface area contributed by atoms with Gasteiger partial charge in [0.15, 0.2) is 0 Å². The molecule has 7 nitrogen and oxygen atoms in total. The van der Waals surface area contributed by atoms with Gasteiger partial charge in [-0.25, -0.2) is 4.28 Å². The van der Waals surface area contributed by atoms with Crippen LogP contribution in [0, 0.1) is 0 Å². The minimum Gasteiger partial charge on any atom is -0.390 e. The molecule has 0 saturated heterocycles. The van der Waals surface area contributed by atoms with Gasteiger partial charge in [0.05, 0.1) is 0 Å². The van der Waals surface area contributed by atoms with Gasteiger partial charge in [-0.15, -0.1) is 4.28 Å². The summed E-state index contributed by atoms with van der Waals surface area (Å²) >= 11 is 3.35. The highest BCUT2D eigenvalue weighted by Gasteiger charge is 2.26. The molecular weight excluding hydrogens is 196 g/mol. The van der Waals surface area contributed by atoms with Crippen LogP contribution in [0.25, 0.3) is 0 Å². The van der Waals surface area contributed by atoms with E-state index in [9.17, 15) is 8.42 Å². The van der Waals surface area contributed by atoms with E-state index in [1.54, 1.807) is 0 Å². The van der Waals surface area contributed by atoms with Crippen molar-refractivity contribution in [2.24, 2.45) is 5.16 Å². The summed E-state index contributed by atoms with van der Waals surface area (Å²) in [5.74, 6) is 0. The first-order chi connectivity index (χ1) is 5.05. The Morgan fingerprint density at radius 1 is 1.73 bits per heavy atom. The van der Waals surface area contributed by atoms with Gasteiger partial charge in [-0.3, -0.25) is 0 Å². The molecule has 0 aromatic rings. The standard InChI is InChI=1S/C2H4N2O5S2/c1-4-2(7-10)3-8-11(5,6)9-4/h10H,1H3. The van der Waals surface area contributed by atoms with E-state index in [1.807, 2.05) is 0 Å². The topological polar surface area (TPSA) is 77.4 Å². The molecule has 0 N–H and O–H groups in total. The lowest BCUT2D eigenvalue weighted by Crippen LogP contribution is -2.34. The molecule has 0 aliphatic carbocycles. The lowest BCUT2D eigenvalue weighted by atomic mass is 11.0. The lowest BCUT2D eigenvalue weighted by molar-refractivity contribution is -0.00524. The van der Waals surface area contributed by atoms with E-state index in [2.05, 4.69) is 30.8 Å². The van der Waals surface area contributed by atoms with Crippen molar-refractivity contribution in [2.75, 3.05) is 7.05 Å². The molecule has 0 fully saturated rings. The van der Waals surface area contributed by atoms with Crippen molar-refractivity contribution < 1.29 is 21.2 Å². The van der Waals surface area contributed by atoms with Gasteiger partial charge in [0.1, 0.15) is 0 Å². The minimum absolute atomic E-state index is 0.205. The summed E-state index contributed by atoms with van der Waals surface area (Å²) in [5, 5.41) is 3.77. The van der Waals surface area contributed by atoms with E-state index in [1.165, 1.54) is 7.05 Å². The van der Waals surface area contributed by atoms with E-state index < -0.39 is 10.4 Å². The Morgan fingerprint density at radius 2 is 2.36 bits per heavy atom. The van der Waals surface area contributed by atoms with E-state index in [0.29, 0.717) is 0 Å². The molecular formula is C2H4N2O5S2. The highest BCUT2D eigenvalue weighted by Crippen LogP contribution is 2.09. The molecule has 1 rings (SSSR count). The fourth-order valence-electron chi connectivity index (χ4n) is 0.392. The second-order valence-corrected chi connectivity index (χ2v) is 2.82. The number of nitrogens with zero attached hydrogens (tertiary/aromatic N) is 2. The van der Waals surface area contributed by atoms with Crippen LogP contribution < -0.4 is 0 Å². The molecule has 0 bridgehead atoms. The zero-order chi connectivity index (χ0) is 8.48. The van der Waals surface area contributed by atoms with Crippen LogP contribution in [0.5, 0.6) is 0 Å². The lowest BCUT2D eigenvalue weighted by Gasteiger charge is -2.18. The Labute approximate surface area is 68.4 Å². The fraction of sp³-hybridized carbons (Fsp3) is 0.500. The maximum Gasteiger partial charge on any atom is 0.491 e. The highest BCUT2D eigenvalue weighted by atomic mass is 32.3. The average Bonchev–Trinajstić information content (AvgIpc) is 1.86. The number of amidine groups is 1. The molecule has 0 aromatic heterocycles. The normalized spacial score (nSPS) is 22.0. The summed E-state index contributed by atoms with van der Waals surface area (Å²) in [6.45, 7) is 0. The maximum atomic E-state index is 10.4. The Morgan fingerprint density at radius 3 is 2.82 bits per heavy atom. The number of thiol groups is 1. The molecule has 1 aliphatic heterocycles. The van der Waals surface area contributed by atoms with E-state index >= 15 is 0 Å². The summed E-state index contributed by atoms with van der Waals surface area (Å²) in [6.07, 6.45) is 0. The van der Waals surface area contributed by atoms with Crippen LogP contribution in [-0.4, -0.2) is 26.6 Å². The van der Waals surface area contributed by atoms with Crippen molar-refractivity contribution in [3.63, 3.8) is 0 Å². The molecule has 11 heavy (non-hydrogen) atoms. The number of oxime groups is 1. The van der Waals surface area contributed by atoms with E-state index in [-0.39, 0.29) is 6.02 Å². The average molecular weight is 200 g/mol. The van der Waals surface area contributed by atoms with Crippen LogP contribution in [0.1, 0.15) is 0 Å². The van der Waals surface area contributed by atoms with Gasteiger partial charge in [-0.2, -0.15) is 13.5 Å². The van der Waals surface area contributed by atoms with Crippen LogP contribution in [0.15, 0.2) is 5.16 Å². The third-order valence-corrected chi connectivity index (χ3v) is 1.59. The first kappa shape index (κ1) is 8.43. The number of rotatable bonds is 0. The summed E-state index contributed by atoms with van der Waals surface area (Å²) in [5.41, 5.74) is 0. The molecule has 0 saturated carbocycles. The number of hydroxylamine groups is 2. The van der Waals surface area contributed by atoms with Gasteiger partial charge in [0, 0.05) is 20.0 Å². The molecule has 0 aromatic carbocycles. The summed E-state index contributed by atoms with van der Waals surface area (Å²) in [7, 11) is -2.78. The molecule has 64 valence electrons. The molecule has 1 aliphatic rings. The van der Waals surface area contributed by atoms with Gasteiger partial charge in [-0.05, 0) is 5.16 Å². The predicted octanol–water partition coefficient (Wildman–Crippen LogP) is -0.743. The summed E-state index contributed by atoms with van der Waals surface area (Å²) in [4.78, 5) is 0. The second-order valence-electron chi connectivity index (χ2n) is 1.52. The predicted molar refractivity (Wildman–Crippen MR) is 36.4 cm³/mol. The van der Waals surface area contributed by atoms with E-state index in [4.69, 9.17) is 0 Å². The van der Waals surface area contributed by atoms with Crippen molar-refractivity contribution >= 4 is 29.3 Å². The third-order valence-electron chi connectivity index (χ3n) is 0.761. The third kappa shape index (κ3) is 1.88. The zero-order valence-corrected chi connectivity index (χ0v) is 7.00. The SMILES string of the molecule is CN1OS(=O)(=O)ON=C1OS. The Bertz CT molecular complexity index is 270. The van der Waals surface area contributed by atoms with Crippen molar-refractivity contribution in [3.05, 3.63) is 0 Å². The molecule has 0 radical (unpaired) electrons. The smallest absolute Gasteiger partial charge is 0.390 e. The summed E-state index contributed by atoms with van der Waals surface area (Å²) in [6, 6.07) is -0.205. The number of hydrogen-bond acceptors (Lipinski definition) is 8. The second kappa shape index (κ2) is 2.75. The van der Waals surface area contributed by atoms with E-state index in [0.717, 1.165) is 5.06 Å². The van der Waals surface area contributed by atoms with Gasteiger partial charge < -0.3 is 4.18 Å². The van der Waals surface area contributed by atoms with Crippen molar-refractivity contribution in [1.29, 1.82) is 0 Å². The monoisotopic (exact) mass is 200 g/mol. The van der Waals surface area contributed by atoms with Crippen LogP contribution in [0.4, 0.5) is 0 Å². The quantitative estimate of drug-likeness (QED) is 0.410. The largest absolute Gasteiger partial charge is 0.491 e. The fourth-order valence-corrected chi connectivity index (χ4v) is 1.06. The maximum absolute atomic E-state index is 10.4. The van der Waals surface area contributed by atoms with Crippen LogP contribution in [0.3, 0.4) is 0 Å². The van der Waals surface area contributed by atoms with Crippen molar-refractivity contribution in [1.82, 2.24) is 5.06 Å². The number of hydrogen-bond donors (Lipinski definition) is 1. The van der Waals surface area contributed by atoms with Crippen molar-refractivity contribution in [3.8, 4) is 0 Å². The van der Waals surface area contributed by atoms with Crippen LogP contribution in [-0.2, 0) is 23.1 Å². The molecule has 0 atom stereocenters. The van der Waals surface area contributed by atoms with Gasteiger partial charge in [0.2, 0.25) is 0 Å². The Hall–Kier alpha value is -0.670. The Balaban J connectivity index is 2.84. The Kier molecular flexibility index (Phi) is 2.11. The summed E-state index contributed by atoms with van der Waals surface area (Å²) < 4.78 is 33.2. The molecule has 0 spiro atoms. The first-order valence-electron chi connectivity index (χ1n) is 2.31. The van der Waals surface area contributed by atoms with Crippen LogP contribution in [0.2, 0.25) is 0 Å². The highest BCUT2D eigenvalue weighted by molar-refractivity contribution is 7.81. The molecule has 0 unspecified atom stereocenters. The minimum atomic E-state index is -4.05.